The van der Waals surface area contributed by atoms with E-state index in [0.717, 1.165) is 0 Å². The van der Waals surface area contributed by atoms with Crippen molar-refractivity contribution in [3.05, 3.63) is 63.1 Å². The van der Waals surface area contributed by atoms with Gasteiger partial charge in [-0.2, -0.15) is 0 Å². The van der Waals surface area contributed by atoms with Crippen molar-refractivity contribution in [2.45, 2.75) is 20.0 Å². The molecule has 2 aromatic carbocycles. The summed E-state index contributed by atoms with van der Waals surface area (Å²) < 4.78 is 6.31. The van der Waals surface area contributed by atoms with Crippen molar-refractivity contribution >= 4 is 51.1 Å². The fourth-order valence-electron chi connectivity index (χ4n) is 2.49. The highest BCUT2D eigenvalue weighted by Gasteiger charge is 2.34. The van der Waals surface area contributed by atoms with Gasteiger partial charge in [0.1, 0.15) is 5.57 Å². The van der Waals surface area contributed by atoms with E-state index in [1.807, 2.05) is 19.9 Å². The molecule has 1 heterocycles. The first-order valence-corrected chi connectivity index (χ1v) is 9.12. The highest BCUT2D eigenvalue weighted by Crippen LogP contribution is 2.36. The van der Waals surface area contributed by atoms with Gasteiger partial charge in [-0.3, -0.25) is 15.0 Å². The third-order valence-electron chi connectivity index (χ3n) is 3.59. The van der Waals surface area contributed by atoms with Crippen LogP contribution in [0.3, 0.4) is 0 Å². The number of anilines is 1. The van der Waals surface area contributed by atoms with Crippen molar-refractivity contribution in [2.24, 2.45) is 0 Å². The van der Waals surface area contributed by atoms with Gasteiger partial charge in [0.15, 0.2) is 5.75 Å². The molecular weight excluding hydrogens is 420 g/mol. The zero-order chi connectivity index (χ0) is 18.8. The molecule has 134 valence electrons. The number of hydrogen-bond donors (Lipinski definition) is 1. The number of halogens is 2. The molecule has 0 spiro atoms. The molecule has 0 radical (unpaired) electrons. The molecule has 1 saturated heterocycles. The SMILES string of the molecule is CC(C)Oc1c(Cl)cc(C=C2C(=O)NN(c3ccccc3)C2=O)cc1Br. The second-order valence-corrected chi connectivity index (χ2v) is 7.22. The van der Waals surface area contributed by atoms with Crippen LogP contribution in [0.5, 0.6) is 5.75 Å². The summed E-state index contributed by atoms with van der Waals surface area (Å²) in [6.07, 6.45) is 1.48. The summed E-state index contributed by atoms with van der Waals surface area (Å²) in [7, 11) is 0. The number of carbonyl (C=O) groups is 2. The number of nitrogens with zero attached hydrogens (tertiary/aromatic N) is 1. The van der Waals surface area contributed by atoms with Gasteiger partial charge < -0.3 is 4.74 Å². The highest BCUT2D eigenvalue weighted by atomic mass is 79.9. The lowest BCUT2D eigenvalue weighted by molar-refractivity contribution is -0.117. The maximum Gasteiger partial charge on any atom is 0.282 e. The molecule has 2 amide bonds. The maximum absolute atomic E-state index is 12.6. The Morgan fingerprint density at radius 3 is 2.50 bits per heavy atom. The van der Waals surface area contributed by atoms with Crippen molar-refractivity contribution in [2.75, 3.05) is 5.01 Å². The van der Waals surface area contributed by atoms with Gasteiger partial charge in [0.05, 0.1) is 21.3 Å². The van der Waals surface area contributed by atoms with E-state index in [2.05, 4.69) is 21.4 Å². The number of ether oxygens (including phenoxy) is 1. The van der Waals surface area contributed by atoms with Gasteiger partial charge >= 0.3 is 0 Å². The Morgan fingerprint density at radius 2 is 1.88 bits per heavy atom. The Hall–Kier alpha value is -2.31. The molecule has 7 heteroatoms. The normalized spacial score (nSPS) is 15.7. The van der Waals surface area contributed by atoms with E-state index in [1.165, 1.54) is 11.1 Å². The van der Waals surface area contributed by atoms with Crippen LogP contribution in [-0.2, 0) is 9.59 Å². The van der Waals surface area contributed by atoms with Crippen molar-refractivity contribution in [1.29, 1.82) is 0 Å². The van der Waals surface area contributed by atoms with Crippen LogP contribution in [0.15, 0.2) is 52.5 Å². The van der Waals surface area contributed by atoms with E-state index >= 15 is 0 Å². The van der Waals surface area contributed by atoms with Crippen molar-refractivity contribution in [3.8, 4) is 5.75 Å². The zero-order valence-electron chi connectivity index (χ0n) is 14.1. The average Bonchev–Trinajstić information content (AvgIpc) is 2.87. The molecule has 26 heavy (non-hydrogen) atoms. The van der Waals surface area contributed by atoms with Gasteiger partial charge in [0.25, 0.3) is 11.8 Å². The van der Waals surface area contributed by atoms with Crippen LogP contribution in [0.4, 0.5) is 5.69 Å². The second kappa shape index (κ2) is 7.51. The predicted octanol–water partition coefficient (Wildman–Crippen LogP) is 4.35. The lowest BCUT2D eigenvalue weighted by Crippen LogP contribution is -2.35. The first kappa shape index (κ1) is 18.5. The monoisotopic (exact) mass is 434 g/mol. The number of rotatable bonds is 4. The first-order valence-electron chi connectivity index (χ1n) is 7.94. The van der Waals surface area contributed by atoms with Crippen LogP contribution < -0.4 is 15.2 Å². The van der Waals surface area contributed by atoms with E-state index in [0.29, 0.717) is 26.5 Å². The predicted molar refractivity (Wildman–Crippen MR) is 105 cm³/mol. The minimum Gasteiger partial charge on any atom is -0.488 e. The number of para-hydroxylation sites is 1. The van der Waals surface area contributed by atoms with Crippen LogP contribution in [0.2, 0.25) is 5.02 Å². The van der Waals surface area contributed by atoms with Crippen LogP contribution in [0.1, 0.15) is 19.4 Å². The molecule has 0 aliphatic carbocycles. The van der Waals surface area contributed by atoms with Gasteiger partial charge in [0, 0.05) is 0 Å². The number of hydrogen-bond acceptors (Lipinski definition) is 3. The van der Waals surface area contributed by atoms with Crippen molar-refractivity contribution in [1.82, 2.24) is 5.43 Å². The van der Waals surface area contributed by atoms with Crippen LogP contribution in [0, 0.1) is 0 Å². The van der Waals surface area contributed by atoms with Gasteiger partial charge in [-0.05, 0) is 65.7 Å². The van der Waals surface area contributed by atoms with E-state index in [-0.39, 0.29) is 11.7 Å². The Kier molecular flexibility index (Phi) is 5.34. The topological polar surface area (TPSA) is 58.6 Å². The number of hydrazine groups is 1. The minimum atomic E-state index is -0.464. The van der Waals surface area contributed by atoms with Gasteiger partial charge in [-0.15, -0.1) is 0 Å². The average molecular weight is 436 g/mol. The van der Waals surface area contributed by atoms with Gasteiger partial charge in [-0.25, -0.2) is 5.01 Å². The lowest BCUT2D eigenvalue weighted by atomic mass is 10.1. The number of nitrogens with one attached hydrogen (secondary N) is 1. The molecule has 0 aromatic heterocycles. The molecule has 1 fully saturated rings. The van der Waals surface area contributed by atoms with E-state index in [9.17, 15) is 9.59 Å². The Bertz CT molecular complexity index is 874. The van der Waals surface area contributed by atoms with Gasteiger partial charge in [-0.1, -0.05) is 29.8 Å². The van der Waals surface area contributed by atoms with E-state index in [4.69, 9.17) is 16.3 Å². The Morgan fingerprint density at radius 1 is 1.19 bits per heavy atom. The largest absolute Gasteiger partial charge is 0.488 e. The molecule has 0 unspecified atom stereocenters. The number of benzene rings is 2. The van der Waals surface area contributed by atoms with Crippen LogP contribution in [-0.4, -0.2) is 17.9 Å². The minimum absolute atomic E-state index is 0.0328. The summed E-state index contributed by atoms with van der Waals surface area (Å²) >= 11 is 9.70. The summed E-state index contributed by atoms with van der Waals surface area (Å²) in [5.41, 5.74) is 3.81. The molecule has 3 rings (SSSR count). The molecule has 0 saturated carbocycles. The summed E-state index contributed by atoms with van der Waals surface area (Å²) in [6.45, 7) is 3.80. The second-order valence-electron chi connectivity index (χ2n) is 5.96. The van der Waals surface area contributed by atoms with E-state index < -0.39 is 11.8 Å². The number of carbonyl (C=O) groups excluding carboxylic acids is 2. The zero-order valence-corrected chi connectivity index (χ0v) is 16.5. The smallest absolute Gasteiger partial charge is 0.282 e. The first-order chi connectivity index (χ1) is 12.4. The quantitative estimate of drug-likeness (QED) is 0.574. The molecule has 1 N–H and O–H groups in total. The van der Waals surface area contributed by atoms with Crippen LogP contribution >= 0.6 is 27.5 Å². The third-order valence-corrected chi connectivity index (χ3v) is 4.46. The molecule has 0 bridgehead atoms. The van der Waals surface area contributed by atoms with Crippen LogP contribution in [0.25, 0.3) is 6.08 Å². The Labute approximate surface area is 164 Å². The van der Waals surface area contributed by atoms with Crippen molar-refractivity contribution < 1.29 is 14.3 Å². The molecule has 1 aliphatic rings. The molecule has 2 aromatic rings. The fraction of sp³-hybridized carbons (Fsp3) is 0.158. The maximum atomic E-state index is 12.6. The summed E-state index contributed by atoms with van der Waals surface area (Å²) in [5, 5.41) is 1.62. The lowest BCUT2D eigenvalue weighted by Gasteiger charge is -2.14. The summed E-state index contributed by atoms with van der Waals surface area (Å²) in [4.78, 5) is 24.9. The third kappa shape index (κ3) is 3.76. The van der Waals surface area contributed by atoms with E-state index in [1.54, 1.807) is 36.4 Å². The molecular formula is C19H16BrClN2O3. The molecule has 5 nitrogen and oxygen atoms in total. The molecule has 0 atom stereocenters. The van der Waals surface area contributed by atoms with Gasteiger partial charge in [0.2, 0.25) is 0 Å². The summed E-state index contributed by atoms with van der Waals surface area (Å²) in [6, 6.07) is 12.3. The van der Waals surface area contributed by atoms with Crippen molar-refractivity contribution in [3.63, 3.8) is 0 Å². The standard InChI is InChI=1S/C19H16BrClN2O3/c1-11(2)26-17-15(20)9-12(10-16(17)21)8-14-18(24)22-23(19(14)25)13-6-4-3-5-7-13/h3-11H,1-2H3,(H,22,24). The Balaban J connectivity index is 1.93. The fourth-order valence-corrected chi connectivity index (χ4v) is 3.45. The number of amides is 2. The molecule has 1 aliphatic heterocycles. The highest BCUT2D eigenvalue weighted by molar-refractivity contribution is 9.10. The summed E-state index contributed by atoms with van der Waals surface area (Å²) in [5.74, 6) is -0.360.